The van der Waals surface area contributed by atoms with Gasteiger partial charge < -0.3 is 10.4 Å². The number of benzene rings is 1. The number of amides is 1. The molecule has 2 rings (SSSR count). The van der Waals surface area contributed by atoms with Crippen molar-refractivity contribution in [2.45, 2.75) is 33.1 Å². The van der Waals surface area contributed by atoms with Gasteiger partial charge >= 0.3 is 5.97 Å². The molecule has 0 aliphatic carbocycles. The molecule has 1 unspecified atom stereocenters. The lowest BCUT2D eigenvalue weighted by Gasteiger charge is -2.12. The van der Waals surface area contributed by atoms with Crippen molar-refractivity contribution >= 4 is 17.6 Å². The number of nitrogens with one attached hydrogen (secondary N) is 1. The second-order valence-electron chi connectivity index (χ2n) is 5.44. The minimum atomic E-state index is -1.13. The smallest absolute Gasteiger partial charge is 0.358 e. The maximum atomic E-state index is 12.1. The van der Waals surface area contributed by atoms with Crippen LogP contribution in [0.25, 0.3) is 5.69 Å². The van der Waals surface area contributed by atoms with E-state index in [4.69, 9.17) is 5.11 Å². The Morgan fingerprint density at radius 1 is 1.39 bits per heavy atom. The topological polar surface area (TPSA) is 97.1 Å². The Bertz CT molecular complexity index is 696. The predicted molar refractivity (Wildman–Crippen MR) is 85.6 cm³/mol. The van der Waals surface area contributed by atoms with Gasteiger partial charge in [-0.1, -0.05) is 38.0 Å². The number of aromatic nitrogens is 3. The van der Waals surface area contributed by atoms with Crippen LogP contribution in [-0.2, 0) is 4.79 Å². The van der Waals surface area contributed by atoms with Crippen LogP contribution in [0.1, 0.15) is 43.6 Å². The monoisotopic (exact) mass is 316 g/mol. The fraction of sp³-hybridized carbons (Fsp3) is 0.375. The van der Waals surface area contributed by atoms with Gasteiger partial charge in [0.25, 0.3) is 0 Å². The molecule has 1 atom stereocenters. The van der Waals surface area contributed by atoms with Crippen molar-refractivity contribution in [2.24, 2.45) is 5.92 Å². The number of nitrogens with zero attached hydrogens (tertiary/aromatic N) is 3. The van der Waals surface area contributed by atoms with Crippen LogP contribution in [0.4, 0.5) is 5.69 Å². The van der Waals surface area contributed by atoms with E-state index >= 15 is 0 Å². The summed E-state index contributed by atoms with van der Waals surface area (Å²) in [4.78, 5) is 23.0. The first kappa shape index (κ1) is 16.7. The molecule has 0 saturated heterocycles. The normalized spacial score (nSPS) is 11.9. The molecule has 0 bridgehead atoms. The zero-order chi connectivity index (χ0) is 16.8. The molecular weight excluding hydrogens is 296 g/mol. The maximum absolute atomic E-state index is 12.1. The van der Waals surface area contributed by atoms with Crippen LogP contribution in [0.3, 0.4) is 0 Å². The van der Waals surface area contributed by atoms with Gasteiger partial charge in [-0.05, 0) is 24.6 Å². The first-order valence-electron chi connectivity index (χ1n) is 7.58. The summed E-state index contributed by atoms with van der Waals surface area (Å²) in [5.41, 5.74) is 1.14. The molecule has 1 heterocycles. The molecular formula is C16H20N4O3. The van der Waals surface area contributed by atoms with E-state index < -0.39 is 5.97 Å². The summed E-state index contributed by atoms with van der Waals surface area (Å²) >= 11 is 0. The van der Waals surface area contributed by atoms with Gasteiger partial charge in [0.05, 0.1) is 11.9 Å². The van der Waals surface area contributed by atoms with Crippen LogP contribution >= 0.6 is 0 Å². The Balaban J connectivity index is 2.10. The molecule has 2 N–H and O–H groups in total. The Morgan fingerprint density at radius 2 is 2.17 bits per heavy atom. The van der Waals surface area contributed by atoms with Crippen LogP contribution in [0.2, 0.25) is 0 Å². The molecule has 0 fully saturated rings. The van der Waals surface area contributed by atoms with Gasteiger partial charge in [-0.15, -0.1) is 5.10 Å². The summed E-state index contributed by atoms with van der Waals surface area (Å²) in [7, 11) is 0. The van der Waals surface area contributed by atoms with Crippen molar-refractivity contribution in [1.82, 2.24) is 15.0 Å². The minimum absolute atomic E-state index is 0.0274. The number of hydrogen-bond donors (Lipinski definition) is 2. The molecule has 1 amide bonds. The Labute approximate surface area is 134 Å². The average molecular weight is 316 g/mol. The lowest BCUT2D eigenvalue weighted by Crippen LogP contribution is -2.20. The Kier molecular flexibility index (Phi) is 5.46. The van der Waals surface area contributed by atoms with Crippen molar-refractivity contribution in [1.29, 1.82) is 0 Å². The highest BCUT2D eigenvalue weighted by Gasteiger charge is 2.13. The average Bonchev–Trinajstić information content (AvgIpc) is 3.03. The summed E-state index contributed by atoms with van der Waals surface area (Å²) in [5, 5.41) is 19.1. The van der Waals surface area contributed by atoms with E-state index in [-0.39, 0.29) is 17.5 Å². The Hall–Kier alpha value is -2.70. The van der Waals surface area contributed by atoms with Crippen LogP contribution in [0.5, 0.6) is 0 Å². The number of hydrogen-bond acceptors (Lipinski definition) is 4. The van der Waals surface area contributed by atoms with E-state index in [9.17, 15) is 9.59 Å². The summed E-state index contributed by atoms with van der Waals surface area (Å²) in [5.74, 6) is -1.21. The van der Waals surface area contributed by atoms with Crippen molar-refractivity contribution in [3.05, 3.63) is 36.2 Å². The molecule has 0 saturated carbocycles. The lowest BCUT2D eigenvalue weighted by molar-refractivity contribution is -0.119. The predicted octanol–water partition coefficient (Wildman–Crippen LogP) is 2.73. The third kappa shape index (κ3) is 4.38. The zero-order valence-corrected chi connectivity index (χ0v) is 13.2. The number of carbonyl (C=O) groups is 2. The van der Waals surface area contributed by atoms with Gasteiger partial charge in [0.2, 0.25) is 5.91 Å². The standard InChI is InChI=1S/C16H20N4O3/c1-3-4-6-11(2)15(21)17-12-7-5-8-13(9-12)20-10-14(16(22)23)18-19-20/h5,7-11H,3-4,6H2,1-2H3,(H,17,21)(H,22,23). The van der Waals surface area contributed by atoms with Crippen LogP contribution in [0, 0.1) is 5.92 Å². The van der Waals surface area contributed by atoms with E-state index in [1.807, 2.05) is 6.92 Å². The molecule has 0 spiro atoms. The third-order valence-electron chi connectivity index (χ3n) is 3.53. The number of anilines is 1. The van der Waals surface area contributed by atoms with Crippen molar-refractivity contribution < 1.29 is 14.7 Å². The first-order valence-corrected chi connectivity index (χ1v) is 7.58. The number of carboxylic acids is 1. The molecule has 7 heteroatoms. The van der Waals surface area contributed by atoms with Gasteiger partial charge in [-0.25, -0.2) is 9.48 Å². The number of unbranched alkanes of at least 4 members (excludes halogenated alkanes) is 1. The molecule has 1 aromatic heterocycles. The van der Waals surface area contributed by atoms with Crippen LogP contribution in [0.15, 0.2) is 30.5 Å². The zero-order valence-electron chi connectivity index (χ0n) is 13.2. The molecule has 23 heavy (non-hydrogen) atoms. The van der Waals surface area contributed by atoms with Crippen molar-refractivity contribution in [2.75, 3.05) is 5.32 Å². The first-order chi connectivity index (χ1) is 11.0. The van der Waals surface area contributed by atoms with E-state index in [1.54, 1.807) is 24.3 Å². The minimum Gasteiger partial charge on any atom is -0.476 e. The summed E-state index contributed by atoms with van der Waals surface area (Å²) in [6, 6.07) is 7.04. The molecule has 2 aromatic rings. The summed E-state index contributed by atoms with van der Waals surface area (Å²) < 4.78 is 1.36. The van der Waals surface area contributed by atoms with E-state index in [0.29, 0.717) is 11.4 Å². The second kappa shape index (κ2) is 7.53. The summed E-state index contributed by atoms with van der Waals surface area (Å²) in [6.45, 7) is 4.00. The number of carboxylic acid groups (broad SMARTS) is 1. The van der Waals surface area contributed by atoms with Crippen molar-refractivity contribution in [3.8, 4) is 5.69 Å². The summed E-state index contributed by atoms with van der Waals surface area (Å²) in [6.07, 6.45) is 4.26. The fourth-order valence-electron chi connectivity index (χ4n) is 2.12. The van der Waals surface area contributed by atoms with Gasteiger partial charge in [0.15, 0.2) is 5.69 Å². The van der Waals surface area contributed by atoms with Gasteiger partial charge in [-0.2, -0.15) is 0 Å². The van der Waals surface area contributed by atoms with Crippen LogP contribution < -0.4 is 5.32 Å². The number of aromatic carboxylic acids is 1. The molecule has 1 aromatic carbocycles. The van der Waals surface area contributed by atoms with Gasteiger partial charge in [-0.3, -0.25) is 4.79 Å². The molecule has 122 valence electrons. The molecule has 0 aliphatic rings. The quantitative estimate of drug-likeness (QED) is 0.818. The lowest BCUT2D eigenvalue weighted by atomic mass is 10.0. The third-order valence-corrected chi connectivity index (χ3v) is 3.53. The second-order valence-corrected chi connectivity index (χ2v) is 5.44. The number of rotatable bonds is 7. The number of carbonyl (C=O) groups excluding carboxylic acids is 1. The van der Waals surface area contributed by atoms with E-state index in [0.717, 1.165) is 19.3 Å². The fourth-order valence-corrected chi connectivity index (χ4v) is 2.12. The molecule has 0 aliphatic heterocycles. The molecule has 7 nitrogen and oxygen atoms in total. The highest BCUT2D eigenvalue weighted by Crippen LogP contribution is 2.16. The van der Waals surface area contributed by atoms with Crippen LogP contribution in [-0.4, -0.2) is 32.0 Å². The van der Waals surface area contributed by atoms with E-state index in [2.05, 4.69) is 22.6 Å². The van der Waals surface area contributed by atoms with Gasteiger partial charge in [0.1, 0.15) is 0 Å². The SMILES string of the molecule is CCCCC(C)C(=O)Nc1cccc(-n2cc(C(=O)O)nn2)c1. The largest absolute Gasteiger partial charge is 0.476 e. The maximum Gasteiger partial charge on any atom is 0.358 e. The highest BCUT2D eigenvalue weighted by atomic mass is 16.4. The molecule has 0 radical (unpaired) electrons. The van der Waals surface area contributed by atoms with E-state index in [1.165, 1.54) is 10.9 Å². The van der Waals surface area contributed by atoms with Crippen molar-refractivity contribution in [3.63, 3.8) is 0 Å². The Morgan fingerprint density at radius 3 is 2.83 bits per heavy atom. The van der Waals surface area contributed by atoms with Gasteiger partial charge in [0, 0.05) is 11.6 Å². The highest BCUT2D eigenvalue weighted by molar-refractivity contribution is 5.92.